The lowest BCUT2D eigenvalue weighted by atomic mass is 10.3. The number of amides is 1. The molecule has 94 valence electrons. The molecular weight excluding hydrogens is 254 g/mol. The number of carbonyl (C=O) groups excluding carboxylic acids is 1. The van der Waals surface area contributed by atoms with Crippen molar-refractivity contribution in [3.05, 3.63) is 41.0 Å². The lowest BCUT2D eigenvalue weighted by molar-refractivity contribution is 0.0963. The third kappa shape index (κ3) is 2.54. The maximum absolute atomic E-state index is 11.8. The number of anilines is 2. The summed E-state index contributed by atoms with van der Waals surface area (Å²) in [4.78, 5) is 11.8. The van der Waals surface area contributed by atoms with Crippen molar-refractivity contribution in [3.63, 3.8) is 0 Å². The Bertz CT molecular complexity index is 581. The zero-order chi connectivity index (χ0) is 13.1. The van der Waals surface area contributed by atoms with E-state index >= 15 is 0 Å². The van der Waals surface area contributed by atoms with Gasteiger partial charge < -0.3 is 5.73 Å². The summed E-state index contributed by atoms with van der Waals surface area (Å²) in [5, 5.41) is 4.47. The predicted molar refractivity (Wildman–Crippen MR) is 70.2 cm³/mol. The Morgan fingerprint density at radius 2 is 2.28 bits per heavy atom. The minimum Gasteiger partial charge on any atom is -0.383 e. The van der Waals surface area contributed by atoms with Crippen LogP contribution in [0, 0.1) is 0 Å². The first-order chi connectivity index (χ1) is 8.58. The summed E-state index contributed by atoms with van der Waals surface area (Å²) in [5.41, 5.74) is 11.9. The Morgan fingerprint density at radius 3 is 2.89 bits per heavy atom. The zero-order valence-corrected chi connectivity index (χ0v) is 10.4. The quantitative estimate of drug-likeness (QED) is 0.733. The molecule has 0 saturated carbocycles. The molecule has 6 nitrogen and oxygen atoms in total. The van der Waals surface area contributed by atoms with Crippen LogP contribution in [0.1, 0.15) is 10.4 Å². The third-order valence-corrected chi connectivity index (χ3v) is 2.61. The molecule has 0 bridgehead atoms. The van der Waals surface area contributed by atoms with Crippen LogP contribution in [0.4, 0.5) is 11.5 Å². The third-order valence-electron chi connectivity index (χ3n) is 2.37. The molecule has 7 heteroatoms. The fraction of sp³-hybridized carbons (Fsp3) is 0.0909. The molecule has 0 aliphatic rings. The van der Waals surface area contributed by atoms with Gasteiger partial charge in [-0.25, -0.2) is 0 Å². The smallest absolute Gasteiger partial charge is 0.274 e. The second-order valence-corrected chi connectivity index (χ2v) is 4.09. The molecule has 0 aliphatic heterocycles. The number of aryl methyl sites for hydroxylation is 1. The first kappa shape index (κ1) is 12.3. The van der Waals surface area contributed by atoms with E-state index in [-0.39, 0.29) is 5.91 Å². The van der Waals surface area contributed by atoms with Crippen molar-refractivity contribution in [2.45, 2.75) is 0 Å². The average Bonchev–Trinajstić information content (AvgIpc) is 2.67. The number of aromatic nitrogens is 2. The number of nitrogens with one attached hydrogen (secondary N) is 2. The molecule has 0 aliphatic carbocycles. The molecule has 0 saturated heterocycles. The standard InChI is InChI=1S/C11H12ClN5O/c1-17-10(13)9(6-14-17)11(18)16-15-8-4-2-3-7(12)5-8/h2-6,15H,13H2,1H3,(H,16,18). The summed E-state index contributed by atoms with van der Waals surface area (Å²) >= 11 is 5.82. The number of nitrogens with zero attached hydrogens (tertiary/aromatic N) is 2. The molecule has 0 unspecified atom stereocenters. The van der Waals surface area contributed by atoms with Crippen molar-refractivity contribution >= 4 is 29.0 Å². The number of benzene rings is 1. The van der Waals surface area contributed by atoms with Crippen molar-refractivity contribution in [2.24, 2.45) is 7.05 Å². The van der Waals surface area contributed by atoms with Crippen molar-refractivity contribution in [1.82, 2.24) is 15.2 Å². The summed E-state index contributed by atoms with van der Waals surface area (Å²) in [5.74, 6) is -0.0547. The highest BCUT2D eigenvalue weighted by Crippen LogP contribution is 2.14. The largest absolute Gasteiger partial charge is 0.383 e. The van der Waals surface area contributed by atoms with Gasteiger partial charge in [-0.15, -0.1) is 0 Å². The summed E-state index contributed by atoms with van der Waals surface area (Å²) in [7, 11) is 1.66. The summed E-state index contributed by atoms with van der Waals surface area (Å²) in [6, 6.07) is 6.98. The molecule has 1 amide bonds. The Balaban J connectivity index is 2.03. The highest BCUT2D eigenvalue weighted by molar-refractivity contribution is 6.30. The van der Waals surface area contributed by atoms with E-state index in [4.69, 9.17) is 17.3 Å². The minimum atomic E-state index is -0.361. The summed E-state index contributed by atoms with van der Waals surface area (Å²) in [6.45, 7) is 0. The van der Waals surface area contributed by atoms with Gasteiger partial charge in [0.05, 0.1) is 11.9 Å². The fourth-order valence-electron chi connectivity index (χ4n) is 1.38. The molecule has 1 heterocycles. The van der Waals surface area contributed by atoms with Gasteiger partial charge in [-0.2, -0.15) is 5.10 Å². The molecule has 0 fully saturated rings. The Kier molecular flexibility index (Phi) is 3.38. The van der Waals surface area contributed by atoms with Crippen LogP contribution in [-0.4, -0.2) is 15.7 Å². The van der Waals surface area contributed by atoms with Gasteiger partial charge >= 0.3 is 0 Å². The Hall–Kier alpha value is -2.21. The molecule has 4 N–H and O–H groups in total. The molecule has 1 aromatic heterocycles. The minimum absolute atomic E-state index is 0.306. The summed E-state index contributed by atoms with van der Waals surface area (Å²) < 4.78 is 1.42. The monoisotopic (exact) mass is 265 g/mol. The van der Waals surface area contributed by atoms with E-state index in [1.165, 1.54) is 10.9 Å². The highest BCUT2D eigenvalue weighted by Gasteiger charge is 2.12. The van der Waals surface area contributed by atoms with Gasteiger partial charge in [0, 0.05) is 12.1 Å². The Morgan fingerprint density at radius 1 is 1.50 bits per heavy atom. The normalized spacial score (nSPS) is 10.1. The van der Waals surface area contributed by atoms with Crippen molar-refractivity contribution in [3.8, 4) is 0 Å². The molecule has 0 atom stereocenters. The van der Waals surface area contributed by atoms with Crippen molar-refractivity contribution < 1.29 is 4.79 Å². The van der Waals surface area contributed by atoms with Crippen molar-refractivity contribution in [1.29, 1.82) is 0 Å². The van der Waals surface area contributed by atoms with Crippen LogP contribution in [-0.2, 0) is 7.05 Å². The maximum Gasteiger partial charge on any atom is 0.274 e. The van der Waals surface area contributed by atoms with Crippen LogP contribution in [0.3, 0.4) is 0 Å². The van der Waals surface area contributed by atoms with Crippen LogP contribution in [0.2, 0.25) is 5.02 Å². The van der Waals surface area contributed by atoms with E-state index in [0.29, 0.717) is 22.1 Å². The molecule has 2 rings (SSSR count). The van der Waals surface area contributed by atoms with Crippen LogP contribution in [0.25, 0.3) is 0 Å². The predicted octanol–water partition coefficient (Wildman–Crippen LogP) is 1.41. The molecule has 0 spiro atoms. The van der Waals surface area contributed by atoms with Gasteiger partial charge in [0.15, 0.2) is 0 Å². The van der Waals surface area contributed by atoms with Crippen LogP contribution in [0.5, 0.6) is 0 Å². The van der Waals surface area contributed by atoms with Crippen LogP contribution in [0.15, 0.2) is 30.5 Å². The molecule has 1 aromatic carbocycles. The topological polar surface area (TPSA) is 85.0 Å². The number of rotatable bonds is 3. The lowest BCUT2D eigenvalue weighted by Gasteiger charge is -2.08. The number of hydrogen-bond donors (Lipinski definition) is 3. The van der Waals surface area contributed by atoms with Crippen molar-refractivity contribution in [2.75, 3.05) is 11.2 Å². The molecule has 2 aromatic rings. The molecular formula is C11H12ClN5O. The van der Waals surface area contributed by atoms with Gasteiger partial charge in [-0.05, 0) is 18.2 Å². The number of nitrogen functional groups attached to an aromatic ring is 1. The van der Waals surface area contributed by atoms with Gasteiger partial charge in [0.1, 0.15) is 11.4 Å². The highest BCUT2D eigenvalue weighted by atomic mass is 35.5. The number of halogens is 1. The zero-order valence-electron chi connectivity index (χ0n) is 9.64. The van der Waals surface area contributed by atoms with Gasteiger partial charge in [0.2, 0.25) is 0 Å². The number of hydrogen-bond acceptors (Lipinski definition) is 4. The van der Waals surface area contributed by atoms with Gasteiger partial charge in [-0.1, -0.05) is 17.7 Å². The van der Waals surface area contributed by atoms with Gasteiger partial charge in [0.25, 0.3) is 5.91 Å². The van der Waals surface area contributed by atoms with E-state index in [2.05, 4.69) is 16.0 Å². The summed E-state index contributed by atoms with van der Waals surface area (Å²) in [6.07, 6.45) is 1.41. The second kappa shape index (κ2) is 4.97. The SMILES string of the molecule is Cn1ncc(C(=O)NNc2cccc(Cl)c2)c1N. The second-order valence-electron chi connectivity index (χ2n) is 3.66. The first-order valence-corrected chi connectivity index (χ1v) is 5.55. The maximum atomic E-state index is 11.8. The Labute approximate surface area is 109 Å². The van der Waals surface area contributed by atoms with E-state index in [0.717, 1.165) is 0 Å². The first-order valence-electron chi connectivity index (χ1n) is 5.17. The number of hydrazine groups is 1. The lowest BCUT2D eigenvalue weighted by Crippen LogP contribution is -2.29. The van der Waals surface area contributed by atoms with E-state index in [1.807, 2.05) is 0 Å². The molecule has 0 radical (unpaired) electrons. The van der Waals surface area contributed by atoms with E-state index in [1.54, 1.807) is 31.3 Å². The molecule has 18 heavy (non-hydrogen) atoms. The van der Waals surface area contributed by atoms with E-state index in [9.17, 15) is 4.79 Å². The fourth-order valence-corrected chi connectivity index (χ4v) is 1.57. The number of nitrogens with two attached hydrogens (primary N) is 1. The van der Waals surface area contributed by atoms with Gasteiger partial charge in [-0.3, -0.25) is 20.3 Å². The number of carbonyl (C=O) groups is 1. The van der Waals surface area contributed by atoms with Crippen LogP contribution < -0.4 is 16.6 Å². The van der Waals surface area contributed by atoms with Crippen LogP contribution >= 0.6 is 11.6 Å². The average molecular weight is 266 g/mol. The van der Waals surface area contributed by atoms with E-state index < -0.39 is 0 Å².